The van der Waals surface area contributed by atoms with Crippen molar-refractivity contribution in [3.8, 4) is 0 Å². The molecule has 0 radical (unpaired) electrons. The zero-order valence-corrected chi connectivity index (χ0v) is 11.9. The minimum Gasteiger partial charge on any atom is -0.466 e. The van der Waals surface area contributed by atoms with E-state index in [-0.39, 0.29) is 12.6 Å². The fourth-order valence-corrected chi connectivity index (χ4v) is 1.88. The second-order valence-corrected chi connectivity index (χ2v) is 5.83. The van der Waals surface area contributed by atoms with Gasteiger partial charge in [0.15, 0.2) is 0 Å². The molecule has 19 heavy (non-hydrogen) atoms. The highest BCUT2D eigenvalue weighted by molar-refractivity contribution is 7.85. The lowest BCUT2D eigenvalue weighted by Crippen LogP contribution is -2.06. The van der Waals surface area contributed by atoms with Crippen LogP contribution < -0.4 is 0 Å². The Morgan fingerprint density at radius 3 is 1.95 bits per heavy atom. The van der Waals surface area contributed by atoms with Crippen molar-refractivity contribution >= 4 is 16.1 Å². The first-order valence-electron chi connectivity index (χ1n) is 5.92. The molecule has 0 fully saturated rings. The van der Waals surface area contributed by atoms with Gasteiger partial charge >= 0.3 is 5.97 Å². The van der Waals surface area contributed by atoms with Crippen LogP contribution >= 0.6 is 0 Å². The van der Waals surface area contributed by atoms with Crippen LogP contribution in [-0.4, -0.2) is 33.9 Å². The highest BCUT2D eigenvalue weighted by atomic mass is 32.2. The molecule has 0 N–H and O–H groups in total. The van der Waals surface area contributed by atoms with Crippen LogP contribution in [0.1, 0.15) is 18.1 Å². The zero-order valence-electron chi connectivity index (χ0n) is 11.1. The third-order valence-electron chi connectivity index (χ3n) is 2.41. The monoisotopic (exact) mass is 286 g/mol. The summed E-state index contributed by atoms with van der Waals surface area (Å²) in [5, 5.41) is 0. The number of rotatable bonds is 7. The molecule has 6 heteroatoms. The number of carbonyl (C=O) groups is 1. The molecule has 0 spiro atoms. The number of hydrogen-bond donors (Lipinski definition) is 0. The van der Waals surface area contributed by atoms with Crippen LogP contribution in [0, 0.1) is 0 Å². The molecule has 5 nitrogen and oxygen atoms in total. The van der Waals surface area contributed by atoms with E-state index in [1.807, 2.05) is 24.3 Å². The molecule has 1 aromatic carbocycles. The summed E-state index contributed by atoms with van der Waals surface area (Å²) < 4.78 is 31.1. The van der Waals surface area contributed by atoms with Gasteiger partial charge in [-0.05, 0) is 17.5 Å². The van der Waals surface area contributed by atoms with Gasteiger partial charge in [0.05, 0.1) is 19.5 Å². The Balaban J connectivity index is 2.37. The smallest absolute Gasteiger partial charge is 0.302 e. The van der Waals surface area contributed by atoms with Crippen LogP contribution in [-0.2, 0) is 36.7 Å². The first-order chi connectivity index (χ1) is 8.87. The molecule has 0 aliphatic rings. The van der Waals surface area contributed by atoms with Gasteiger partial charge in [-0.15, -0.1) is 0 Å². The topological polar surface area (TPSA) is 69.7 Å². The number of ether oxygens (including phenoxy) is 1. The van der Waals surface area contributed by atoms with Crippen molar-refractivity contribution in [2.24, 2.45) is 0 Å². The summed E-state index contributed by atoms with van der Waals surface area (Å²) >= 11 is 0. The summed E-state index contributed by atoms with van der Waals surface area (Å²) in [7, 11) is -3.37. The van der Waals surface area contributed by atoms with Crippen LogP contribution in [0.2, 0.25) is 0 Å². The lowest BCUT2D eigenvalue weighted by Gasteiger charge is -2.05. The van der Waals surface area contributed by atoms with Crippen LogP contribution in [0.3, 0.4) is 0 Å². The van der Waals surface area contributed by atoms with E-state index < -0.39 is 10.1 Å². The molecule has 0 unspecified atom stereocenters. The third-order valence-corrected chi connectivity index (χ3v) is 3.00. The Bertz CT molecular complexity index is 504. The molecule has 0 heterocycles. The number of esters is 1. The van der Waals surface area contributed by atoms with E-state index in [9.17, 15) is 13.2 Å². The molecule has 0 aliphatic heterocycles. The van der Waals surface area contributed by atoms with Crippen molar-refractivity contribution < 1.29 is 22.1 Å². The van der Waals surface area contributed by atoms with Crippen LogP contribution in [0.15, 0.2) is 24.3 Å². The molecule has 0 aliphatic carbocycles. The molecule has 0 aromatic heterocycles. The molecule has 0 saturated carbocycles. The molecular formula is C13H18O5S. The average Bonchev–Trinajstić information content (AvgIpc) is 2.29. The van der Waals surface area contributed by atoms with E-state index in [1.54, 1.807) is 0 Å². The Morgan fingerprint density at radius 1 is 1.05 bits per heavy atom. The Labute approximate surface area is 113 Å². The van der Waals surface area contributed by atoms with Crippen molar-refractivity contribution in [1.29, 1.82) is 0 Å². The highest BCUT2D eigenvalue weighted by Crippen LogP contribution is 2.07. The summed E-state index contributed by atoms with van der Waals surface area (Å²) in [6.45, 7) is 1.89. The summed E-state index contributed by atoms with van der Waals surface area (Å²) in [5.74, 6) is -0.283. The van der Waals surface area contributed by atoms with E-state index in [1.165, 1.54) is 6.92 Å². The van der Waals surface area contributed by atoms with Gasteiger partial charge in [0, 0.05) is 13.3 Å². The zero-order chi connectivity index (χ0) is 14.3. The number of benzene rings is 1. The molecule has 1 aromatic rings. The fraction of sp³-hybridized carbons (Fsp3) is 0.462. The second kappa shape index (κ2) is 7.25. The molecule has 1 rings (SSSR count). The normalized spacial score (nSPS) is 11.3. The third kappa shape index (κ3) is 7.58. The van der Waals surface area contributed by atoms with Gasteiger partial charge in [0.2, 0.25) is 0 Å². The lowest BCUT2D eigenvalue weighted by molar-refractivity contribution is -0.140. The van der Waals surface area contributed by atoms with Crippen molar-refractivity contribution in [2.75, 3.05) is 19.5 Å². The van der Waals surface area contributed by atoms with Gasteiger partial charge in [0.1, 0.15) is 0 Å². The standard InChI is InChI=1S/C13H18O5S/c1-11(14)17-9-7-12-3-5-13(6-4-12)8-10-18-19(2,15)16/h3-6H,7-10H2,1-2H3. The van der Waals surface area contributed by atoms with Gasteiger partial charge in [-0.1, -0.05) is 24.3 Å². The van der Waals surface area contributed by atoms with Gasteiger partial charge < -0.3 is 4.74 Å². The lowest BCUT2D eigenvalue weighted by atomic mass is 10.1. The van der Waals surface area contributed by atoms with Gasteiger partial charge in [0.25, 0.3) is 10.1 Å². The summed E-state index contributed by atoms with van der Waals surface area (Å²) in [4.78, 5) is 10.6. The molecular weight excluding hydrogens is 268 g/mol. The van der Waals surface area contributed by atoms with Gasteiger partial charge in [-0.25, -0.2) is 0 Å². The summed E-state index contributed by atoms with van der Waals surface area (Å²) in [5.41, 5.74) is 2.06. The summed E-state index contributed by atoms with van der Waals surface area (Å²) in [6.07, 6.45) is 2.24. The van der Waals surface area contributed by atoms with Crippen molar-refractivity contribution in [3.05, 3.63) is 35.4 Å². The number of hydrogen-bond acceptors (Lipinski definition) is 5. The average molecular weight is 286 g/mol. The maximum absolute atomic E-state index is 10.8. The quantitative estimate of drug-likeness (QED) is 0.558. The van der Waals surface area contributed by atoms with Crippen LogP contribution in [0.5, 0.6) is 0 Å². The molecule has 0 atom stereocenters. The van der Waals surface area contributed by atoms with E-state index in [2.05, 4.69) is 4.18 Å². The van der Waals surface area contributed by atoms with E-state index in [0.29, 0.717) is 19.4 Å². The maximum Gasteiger partial charge on any atom is 0.302 e. The predicted octanol–water partition coefficient (Wildman–Crippen LogP) is 1.31. The second-order valence-electron chi connectivity index (χ2n) is 4.18. The van der Waals surface area contributed by atoms with Crippen LogP contribution in [0.25, 0.3) is 0 Å². The Morgan fingerprint density at radius 2 is 1.53 bits per heavy atom. The summed E-state index contributed by atoms with van der Waals surface area (Å²) in [6, 6.07) is 7.68. The fourth-order valence-electron chi connectivity index (χ4n) is 1.50. The minimum atomic E-state index is -3.37. The van der Waals surface area contributed by atoms with Gasteiger partial charge in [-0.3, -0.25) is 8.98 Å². The largest absolute Gasteiger partial charge is 0.466 e. The van der Waals surface area contributed by atoms with E-state index >= 15 is 0 Å². The first-order valence-corrected chi connectivity index (χ1v) is 7.74. The Hall–Kier alpha value is -1.40. The van der Waals surface area contributed by atoms with E-state index in [0.717, 1.165) is 17.4 Å². The molecule has 0 saturated heterocycles. The maximum atomic E-state index is 10.8. The molecule has 106 valence electrons. The minimum absolute atomic E-state index is 0.144. The highest BCUT2D eigenvalue weighted by Gasteiger charge is 2.02. The van der Waals surface area contributed by atoms with Gasteiger partial charge in [-0.2, -0.15) is 8.42 Å². The molecule has 0 amide bonds. The van der Waals surface area contributed by atoms with Crippen molar-refractivity contribution in [1.82, 2.24) is 0 Å². The Kier molecular flexibility index (Phi) is 5.98. The first kappa shape index (κ1) is 15.7. The SMILES string of the molecule is CC(=O)OCCc1ccc(CCOS(C)(=O)=O)cc1. The molecule has 0 bridgehead atoms. The predicted molar refractivity (Wildman–Crippen MR) is 71.3 cm³/mol. The van der Waals surface area contributed by atoms with E-state index in [4.69, 9.17) is 4.74 Å². The number of carbonyl (C=O) groups excluding carboxylic acids is 1. The van der Waals surface area contributed by atoms with Crippen molar-refractivity contribution in [2.45, 2.75) is 19.8 Å². The van der Waals surface area contributed by atoms with Crippen molar-refractivity contribution in [3.63, 3.8) is 0 Å². The van der Waals surface area contributed by atoms with Crippen LogP contribution in [0.4, 0.5) is 0 Å².